The van der Waals surface area contributed by atoms with E-state index in [4.69, 9.17) is 0 Å². The topological polar surface area (TPSA) is 41.1 Å². The number of nitrogens with one attached hydrogen (secondary N) is 2. The SMILES string of the molecule is C=CC[C@@](C)(NNC(=O)c1ccccc1)c1ccc2ccccc2c1. The molecule has 0 fully saturated rings. The Morgan fingerprint density at radius 2 is 1.68 bits per heavy atom. The largest absolute Gasteiger partial charge is 0.287 e. The Kier molecular flexibility index (Phi) is 4.96. The number of rotatable bonds is 6. The normalized spacial score (nSPS) is 13.2. The van der Waals surface area contributed by atoms with Gasteiger partial charge in [-0.3, -0.25) is 10.2 Å². The lowest BCUT2D eigenvalue weighted by molar-refractivity contribution is 0.0907. The Balaban J connectivity index is 1.84. The van der Waals surface area contributed by atoms with E-state index in [0.29, 0.717) is 12.0 Å². The van der Waals surface area contributed by atoms with Crippen molar-refractivity contribution in [2.45, 2.75) is 18.9 Å². The summed E-state index contributed by atoms with van der Waals surface area (Å²) >= 11 is 0. The fraction of sp³-hybridized carbons (Fsp3) is 0.136. The Bertz CT molecular complexity index is 889. The van der Waals surface area contributed by atoms with E-state index >= 15 is 0 Å². The highest BCUT2D eigenvalue weighted by atomic mass is 16.2. The predicted octanol–water partition coefficient (Wildman–Crippen LogP) is 4.57. The van der Waals surface area contributed by atoms with E-state index in [0.717, 1.165) is 5.56 Å². The van der Waals surface area contributed by atoms with Crippen LogP contribution in [0.15, 0.2) is 85.5 Å². The maximum absolute atomic E-state index is 12.3. The molecule has 1 amide bonds. The molecule has 3 aromatic carbocycles. The van der Waals surface area contributed by atoms with Crippen LogP contribution in [0, 0.1) is 0 Å². The highest BCUT2D eigenvalue weighted by Crippen LogP contribution is 2.27. The molecule has 0 bridgehead atoms. The number of hydrogen-bond donors (Lipinski definition) is 2. The van der Waals surface area contributed by atoms with Crippen LogP contribution in [0.25, 0.3) is 10.8 Å². The number of hydrazine groups is 1. The van der Waals surface area contributed by atoms with Crippen molar-refractivity contribution in [3.05, 3.63) is 96.6 Å². The van der Waals surface area contributed by atoms with Crippen LogP contribution in [0.2, 0.25) is 0 Å². The van der Waals surface area contributed by atoms with Gasteiger partial charge in [0.15, 0.2) is 0 Å². The first-order valence-corrected chi connectivity index (χ1v) is 8.35. The van der Waals surface area contributed by atoms with E-state index < -0.39 is 5.54 Å². The van der Waals surface area contributed by atoms with Gasteiger partial charge in [0.2, 0.25) is 0 Å². The van der Waals surface area contributed by atoms with Crippen LogP contribution in [-0.2, 0) is 5.54 Å². The molecule has 3 heteroatoms. The molecule has 0 radical (unpaired) electrons. The second kappa shape index (κ2) is 7.32. The van der Waals surface area contributed by atoms with Crippen LogP contribution >= 0.6 is 0 Å². The fourth-order valence-electron chi connectivity index (χ4n) is 2.92. The van der Waals surface area contributed by atoms with Crippen molar-refractivity contribution < 1.29 is 4.79 Å². The smallest absolute Gasteiger partial charge is 0.265 e. The van der Waals surface area contributed by atoms with Gasteiger partial charge in [-0.15, -0.1) is 6.58 Å². The third-order valence-corrected chi connectivity index (χ3v) is 4.43. The molecule has 1 atom stereocenters. The van der Waals surface area contributed by atoms with E-state index in [9.17, 15) is 4.79 Å². The van der Waals surface area contributed by atoms with Crippen LogP contribution < -0.4 is 10.9 Å². The lowest BCUT2D eigenvalue weighted by Gasteiger charge is -2.31. The quantitative estimate of drug-likeness (QED) is 0.513. The Hall–Kier alpha value is -2.91. The minimum Gasteiger partial charge on any atom is -0.287 e. The van der Waals surface area contributed by atoms with Gasteiger partial charge in [0.05, 0.1) is 5.54 Å². The summed E-state index contributed by atoms with van der Waals surface area (Å²) in [4.78, 5) is 12.3. The van der Waals surface area contributed by atoms with Crippen molar-refractivity contribution in [2.24, 2.45) is 0 Å². The summed E-state index contributed by atoms with van der Waals surface area (Å²) in [5.74, 6) is -0.156. The Labute approximate surface area is 148 Å². The van der Waals surface area contributed by atoms with E-state index in [1.165, 1.54) is 10.8 Å². The van der Waals surface area contributed by atoms with Crippen LogP contribution in [0.1, 0.15) is 29.3 Å². The first kappa shape index (κ1) is 16.9. The molecule has 0 aliphatic heterocycles. The zero-order chi connectivity index (χ0) is 17.7. The number of benzene rings is 3. The molecule has 126 valence electrons. The molecule has 25 heavy (non-hydrogen) atoms. The number of carbonyl (C=O) groups excluding carboxylic acids is 1. The molecule has 2 N–H and O–H groups in total. The fourth-order valence-corrected chi connectivity index (χ4v) is 2.92. The second-order valence-electron chi connectivity index (χ2n) is 6.33. The molecule has 3 aromatic rings. The Morgan fingerprint density at radius 1 is 1.00 bits per heavy atom. The molecular weight excluding hydrogens is 308 g/mol. The summed E-state index contributed by atoms with van der Waals surface area (Å²) in [6.07, 6.45) is 2.54. The van der Waals surface area contributed by atoms with Gasteiger partial charge >= 0.3 is 0 Å². The number of hydrogen-bond acceptors (Lipinski definition) is 2. The molecule has 0 aromatic heterocycles. The lowest BCUT2D eigenvalue weighted by Crippen LogP contribution is -2.50. The predicted molar refractivity (Wildman–Crippen MR) is 103 cm³/mol. The minimum atomic E-state index is -0.448. The third kappa shape index (κ3) is 3.78. The zero-order valence-corrected chi connectivity index (χ0v) is 14.3. The van der Waals surface area contributed by atoms with Gasteiger partial charge < -0.3 is 0 Å². The molecule has 0 saturated heterocycles. The zero-order valence-electron chi connectivity index (χ0n) is 14.3. The van der Waals surface area contributed by atoms with Crippen LogP contribution in [0.3, 0.4) is 0 Å². The van der Waals surface area contributed by atoms with Crippen molar-refractivity contribution in [3.63, 3.8) is 0 Å². The highest BCUT2D eigenvalue weighted by molar-refractivity contribution is 5.93. The second-order valence-corrected chi connectivity index (χ2v) is 6.33. The lowest BCUT2D eigenvalue weighted by atomic mass is 9.88. The highest BCUT2D eigenvalue weighted by Gasteiger charge is 2.26. The average molecular weight is 330 g/mol. The van der Waals surface area contributed by atoms with Gasteiger partial charge in [0.1, 0.15) is 0 Å². The monoisotopic (exact) mass is 330 g/mol. The van der Waals surface area contributed by atoms with E-state index in [-0.39, 0.29) is 5.91 Å². The molecule has 0 aliphatic rings. The first-order chi connectivity index (χ1) is 12.1. The summed E-state index contributed by atoms with van der Waals surface area (Å²) in [5, 5.41) is 2.37. The summed E-state index contributed by atoms with van der Waals surface area (Å²) in [7, 11) is 0. The summed E-state index contributed by atoms with van der Waals surface area (Å²) in [6.45, 7) is 5.93. The van der Waals surface area contributed by atoms with Crippen molar-refractivity contribution in [2.75, 3.05) is 0 Å². The molecule has 3 rings (SSSR count). The van der Waals surface area contributed by atoms with Crippen molar-refractivity contribution >= 4 is 16.7 Å². The molecule has 3 nitrogen and oxygen atoms in total. The maximum atomic E-state index is 12.3. The van der Waals surface area contributed by atoms with Crippen LogP contribution in [0.5, 0.6) is 0 Å². The van der Waals surface area contributed by atoms with Gasteiger partial charge in [0, 0.05) is 5.56 Å². The van der Waals surface area contributed by atoms with Crippen molar-refractivity contribution in [3.8, 4) is 0 Å². The van der Waals surface area contributed by atoms with Gasteiger partial charge in [-0.25, -0.2) is 5.43 Å². The molecule has 0 aliphatic carbocycles. The molecule has 0 saturated carbocycles. The molecule has 0 spiro atoms. The van der Waals surface area contributed by atoms with Crippen molar-refractivity contribution in [1.82, 2.24) is 10.9 Å². The van der Waals surface area contributed by atoms with Gasteiger partial charge in [0.25, 0.3) is 5.91 Å². The number of carbonyl (C=O) groups is 1. The molecular formula is C22H22N2O. The third-order valence-electron chi connectivity index (χ3n) is 4.43. The van der Waals surface area contributed by atoms with E-state index in [1.54, 1.807) is 12.1 Å². The van der Waals surface area contributed by atoms with Gasteiger partial charge in [-0.05, 0) is 47.9 Å². The molecule has 0 heterocycles. The summed E-state index contributed by atoms with van der Waals surface area (Å²) in [5.41, 5.74) is 7.31. The maximum Gasteiger partial charge on any atom is 0.265 e. The van der Waals surface area contributed by atoms with Gasteiger partial charge in [-0.2, -0.15) is 0 Å². The van der Waals surface area contributed by atoms with Crippen LogP contribution in [0.4, 0.5) is 0 Å². The van der Waals surface area contributed by atoms with Crippen molar-refractivity contribution in [1.29, 1.82) is 0 Å². The Morgan fingerprint density at radius 3 is 2.40 bits per heavy atom. The standard InChI is InChI=1S/C22H22N2O/c1-3-15-22(2,24-23-21(25)18-10-5-4-6-11-18)20-14-13-17-9-7-8-12-19(17)16-20/h3-14,16,24H,1,15H2,2H3,(H,23,25)/t22-/m1/s1. The summed E-state index contributed by atoms with van der Waals surface area (Å²) < 4.78 is 0. The minimum absolute atomic E-state index is 0.156. The average Bonchev–Trinajstić information content (AvgIpc) is 2.66. The molecule has 0 unspecified atom stereocenters. The van der Waals surface area contributed by atoms with Gasteiger partial charge in [-0.1, -0.05) is 60.7 Å². The first-order valence-electron chi connectivity index (χ1n) is 8.35. The summed E-state index contributed by atoms with van der Waals surface area (Å²) in [6, 6.07) is 23.8. The number of fused-ring (bicyclic) bond motifs is 1. The van der Waals surface area contributed by atoms with Crippen LogP contribution in [-0.4, -0.2) is 5.91 Å². The van der Waals surface area contributed by atoms with E-state index in [2.05, 4.69) is 54.7 Å². The van der Waals surface area contributed by atoms with E-state index in [1.807, 2.05) is 36.4 Å². The number of amides is 1.